The Balaban J connectivity index is 1.85. The van der Waals surface area contributed by atoms with Crippen LogP contribution in [0.5, 0.6) is 5.88 Å². The van der Waals surface area contributed by atoms with E-state index >= 15 is 0 Å². The number of aryl methyl sites for hydroxylation is 1. The zero-order chi connectivity index (χ0) is 16.2. The summed E-state index contributed by atoms with van der Waals surface area (Å²) in [5.41, 5.74) is 2.68. The molecule has 2 heterocycles. The van der Waals surface area contributed by atoms with E-state index in [-0.39, 0.29) is 11.6 Å². The topological polar surface area (TPSA) is 77.0 Å². The van der Waals surface area contributed by atoms with E-state index < -0.39 is 0 Å². The monoisotopic (exact) mass is 308 g/mol. The van der Waals surface area contributed by atoms with Gasteiger partial charge >= 0.3 is 0 Å². The van der Waals surface area contributed by atoms with Crippen LogP contribution in [0.1, 0.15) is 23.1 Å². The van der Waals surface area contributed by atoms with Crippen molar-refractivity contribution in [1.82, 2.24) is 15.2 Å². The molecule has 0 aliphatic rings. The summed E-state index contributed by atoms with van der Waals surface area (Å²) >= 11 is 0. The highest BCUT2D eigenvalue weighted by Crippen LogP contribution is 2.22. The van der Waals surface area contributed by atoms with Crippen LogP contribution < -0.4 is 10.1 Å². The first-order chi connectivity index (χ1) is 11.2. The Morgan fingerprint density at radius 1 is 1.13 bits per heavy atom. The highest BCUT2D eigenvalue weighted by Gasteiger charge is 2.11. The van der Waals surface area contributed by atoms with Crippen LogP contribution in [0.15, 0.2) is 42.5 Å². The molecule has 3 aromatic rings. The second-order valence-electron chi connectivity index (χ2n) is 4.97. The fraction of sp³-hybridized carbons (Fsp3) is 0.176. The molecule has 0 saturated heterocycles. The summed E-state index contributed by atoms with van der Waals surface area (Å²) in [6.07, 6.45) is 0. The molecule has 0 radical (unpaired) electrons. The number of anilines is 1. The molecular formula is C17H16N4O2. The van der Waals surface area contributed by atoms with E-state index in [9.17, 15) is 4.79 Å². The van der Waals surface area contributed by atoms with Gasteiger partial charge in [-0.2, -0.15) is 0 Å². The maximum Gasteiger partial charge on any atom is 0.276 e. The van der Waals surface area contributed by atoms with Crippen LogP contribution in [0.4, 0.5) is 5.69 Å². The van der Waals surface area contributed by atoms with Gasteiger partial charge in [0, 0.05) is 17.1 Å². The number of aromatic nitrogens is 3. The molecule has 0 aliphatic heterocycles. The van der Waals surface area contributed by atoms with Gasteiger partial charge in [0.25, 0.3) is 5.91 Å². The number of hydrogen-bond acceptors (Lipinski definition) is 5. The fourth-order valence-corrected chi connectivity index (χ4v) is 2.22. The molecule has 0 unspecified atom stereocenters. The van der Waals surface area contributed by atoms with E-state index in [2.05, 4.69) is 20.5 Å². The second kappa shape index (κ2) is 6.39. The van der Waals surface area contributed by atoms with Crippen molar-refractivity contribution in [2.24, 2.45) is 0 Å². The van der Waals surface area contributed by atoms with Crippen LogP contribution in [-0.4, -0.2) is 27.7 Å². The number of benzene rings is 1. The quantitative estimate of drug-likeness (QED) is 0.801. The Morgan fingerprint density at radius 3 is 2.74 bits per heavy atom. The molecule has 0 atom stereocenters. The minimum atomic E-state index is -0.325. The Hall–Kier alpha value is -3.02. The zero-order valence-electron chi connectivity index (χ0n) is 12.9. The maximum atomic E-state index is 12.3. The molecule has 6 heteroatoms. The van der Waals surface area contributed by atoms with E-state index in [0.29, 0.717) is 18.2 Å². The minimum absolute atomic E-state index is 0.227. The van der Waals surface area contributed by atoms with E-state index in [0.717, 1.165) is 16.6 Å². The highest BCUT2D eigenvalue weighted by atomic mass is 16.5. The summed E-state index contributed by atoms with van der Waals surface area (Å²) in [5.74, 6) is 0.0718. The number of fused-ring (bicyclic) bond motifs is 1. The van der Waals surface area contributed by atoms with Gasteiger partial charge in [0.1, 0.15) is 0 Å². The van der Waals surface area contributed by atoms with Crippen LogP contribution >= 0.6 is 0 Å². The largest absolute Gasteiger partial charge is 0.477 e. The van der Waals surface area contributed by atoms with Gasteiger partial charge in [-0.15, -0.1) is 10.2 Å². The Morgan fingerprint density at radius 2 is 2.00 bits per heavy atom. The van der Waals surface area contributed by atoms with Gasteiger partial charge in [-0.25, -0.2) is 0 Å². The van der Waals surface area contributed by atoms with E-state index in [1.807, 2.05) is 44.2 Å². The molecule has 0 bridgehead atoms. The van der Waals surface area contributed by atoms with Crippen LogP contribution in [0, 0.1) is 6.92 Å². The number of carbonyl (C=O) groups is 1. The Labute approximate surface area is 133 Å². The van der Waals surface area contributed by atoms with Crippen LogP contribution in [0.25, 0.3) is 10.9 Å². The van der Waals surface area contributed by atoms with Crippen molar-refractivity contribution in [3.63, 3.8) is 0 Å². The lowest BCUT2D eigenvalue weighted by Crippen LogP contribution is -2.14. The lowest BCUT2D eigenvalue weighted by atomic mass is 10.1. The van der Waals surface area contributed by atoms with Crippen molar-refractivity contribution in [2.75, 3.05) is 11.9 Å². The Bertz CT molecular complexity index is 847. The Kier molecular flexibility index (Phi) is 4.14. The summed E-state index contributed by atoms with van der Waals surface area (Å²) in [5, 5.41) is 11.5. The van der Waals surface area contributed by atoms with Gasteiger partial charge in [-0.3, -0.25) is 9.78 Å². The third-order valence-electron chi connectivity index (χ3n) is 3.28. The number of nitrogens with one attached hydrogen (secondary N) is 1. The zero-order valence-corrected chi connectivity index (χ0v) is 12.9. The van der Waals surface area contributed by atoms with Gasteiger partial charge in [0.05, 0.1) is 17.8 Å². The van der Waals surface area contributed by atoms with Gasteiger partial charge < -0.3 is 10.1 Å². The average Bonchev–Trinajstić information content (AvgIpc) is 2.55. The van der Waals surface area contributed by atoms with E-state index in [1.54, 1.807) is 12.1 Å². The number of amides is 1. The van der Waals surface area contributed by atoms with Crippen LogP contribution in [0.3, 0.4) is 0 Å². The molecule has 116 valence electrons. The predicted octanol–water partition coefficient (Wildman–Crippen LogP) is 2.98. The first-order valence-corrected chi connectivity index (χ1v) is 7.31. The van der Waals surface area contributed by atoms with Gasteiger partial charge in [-0.05, 0) is 44.2 Å². The molecule has 1 aromatic carbocycles. The van der Waals surface area contributed by atoms with Crippen molar-refractivity contribution in [2.45, 2.75) is 13.8 Å². The SMILES string of the molecule is CCOc1ccc(C(=O)Nc2cccc3nc(C)ccc23)nn1. The molecule has 0 spiro atoms. The number of nitrogens with zero attached hydrogens (tertiary/aromatic N) is 3. The summed E-state index contributed by atoms with van der Waals surface area (Å²) in [4.78, 5) is 16.8. The number of ether oxygens (including phenoxy) is 1. The molecule has 1 amide bonds. The van der Waals surface area contributed by atoms with Crippen molar-refractivity contribution in [1.29, 1.82) is 0 Å². The molecule has 0 saturated carbocycles. The number of hydrogen-bond donors (Lipinski definition) is 1. The lowest BCUT2D eigenvalue weighted by molar-refractivity contribution is 0.102. The third kappa shape index (κ3) is 3.26. The summed E-state index contributed by atoms with van der Waals surface area (Å²) in [7, 11) is 0. The van der Waals surface area contributed by atoms with Gasteiger partial charge in [-0.1, -0.05) is 6.07 Å². The van der Waals surface area contributed by atoms with Gasteiger partial charge in [0.15, 0.2) is 5.69 Å². The fourth-order valence-electron chi connectivity index (χ4n) is 2.22. The average molecular weight is 308 g/mol. The predicted molar refractivity (Wildman–Crippen MR) is 87.6 cm³/mol. The molecule has 3 rings (SSSR count). The van der Waals surface area contributed by atoms with Crippen molar-refractivity contribution in [3.05, 3.63) is 53.9 Å². The van der Waals surface area contributed by atoms with Crippen molar-refractivity contribution in [3.8, 4) is 5.88 Å². The molecule has 2 aromatic heterocycles. The van der Waals surface area contributed by atoms with Gasteiger partial charge in [0.2, 0.25) is 5.88 Å². The molecular weight excluding hydrogens is 292 g/mol. The molecule has 0 aliphatic carbocycles. The summed E-state index contributed by atoms with van der Waals surface area (Å²) in [6.45, 7) is 4.29. The van der Waals surface area contributed by atoms with Crippen molar-refractivity contribution < 1.29 is 9.53 Å². The normalized spacial score (nSPS) is 10.5. The number of rotatable bonds is 4. The minimum Gasteiger partial charge on any atom is -0.477 e. The summed E-state index contributed by atoms with van der Waals surface area (Å²) < 4.78 is 5.21. The second-order valence-corrected chi connectivity index (χ2v) is 4.97. The first kappa shape index (κ1) is 14.9. The lowest BCUT2D eigenvalue weighted by Gasteiger charge is -2.08. The van der Waals surface area contributed by atoms with Crippen LogP contribution in [-0.2, 0) is 0 Å². The number of carbonyl (C=O) groups excluding carboxylic acids is 1. The first-order valence-electron chi connectivity index (χ1n) is 7.31. The summed E-state index contributed by atoms with van der Waals surface area (Å²) in [6, 6.07) is 12.7. The molecule has 1 N–H and O–H groups in total. The maximum absolute atomic E-state index is 12.3. The van der Waals surface area contributed by atoms with E-state index in [4.69, 9.17) is 4.74 Å². The van der Waals surface area contributed by atoms with Crippen LogP contribution in [0.2, 0.25) is 0 Å². The molecule has 0 fully saturated rings. The molecule has 23 heavy (non-hydrogen) atoms. The van der Waals surface area contributed by atoms with Crippen molar-refractivity contribution >= 4 is 22.5 Å². The smallest absolute Gasteiger partial charge is 0.276 e. The van der Waals surface area contributed by atoms with E-state index in [1.165, 1.54) is 0 Å². The number of pyridine rings is 1. The third-order valence-corrected chi connectivity index (χ3v) is 3.28. The molecule has 6 nitrogen and oxygen atoms in total. The standard InChI is InChI=1S/C17H16N4O2/c1-3-23-16-10-9-15(20-21-16)17(22)19-14-6-4-5-13-12(14)8-7-11(2)18-13/h4-10H,3H2,1-2H3,(H,19,22). The highest BCUT2D eigenvalue weighted by molar-refractivity contribution is 6.07.